The number of anilines is 2. The SMILES string of the molecule is CN1C(=O)[C@@H](NC(=O)Nc2cccc(SC(F)(F)F)c2)N=C(c2ccccc2)c2ccccc21. The van der Waals surface area contributed by atoms with E-state index in [1.807, 2.05) is 42.5 Å². The van der Waals surface area contributed by atoms with Gasteiger partial charge >= 0.3 is 11.5 Å². The summed E-state index contributed by atoms with van der Waals surface area (Å²) in [5.41, 5.74) is -1.64. The number of amides is 3. The number of hydrogen-bond donors (Lipinski definition) is 2. The van der Waals surface area contributed by atoms with Gasteiger partial charge in [-0.1, -0.05) is 54.6 Å². The minimum absolute atomic E-state index is 0.0737. The van der Waals surface area contributed by atoms with Crippen molar-refractivity contribution in [2.24, 2.45) is 4.99 Å². The van der Waals surface area contributed by atoms with Crippen LogP contribution < -0.4 is 15.5 Å². The number of benzodiazepines with no additional fused rings is 1. The molecule has 2 N–H and O–H groups in total. The van der Waals surface area contributed by atoms with E-state index in [2.05, 4.69) is 15.6 Å². The molecule has 0 unspecified atom stereocenters. The van der Waals surface area contributed by atoms with Gasteiger partial charge in [0.1, 0.15) is 0 Å². The first-order valence-corrected chi connectivity index (χ1v) is 11.0. The van der Waals surface area contributed by atoms with Crippen LogP contribution in [0.4, 0.5) is 29.3 Å². The molecule has 10 heteroatoms. The van der Waals surface area contributed by atoms with Crippen LogP contribution in [0.25, 0.3) is 0 Å². The maximum absolute atomic E-state index is 13.1. The van der Waals surface area contributed by atoms with Crippen LogP contribution >= 0.6 is 11.8 Å². The maximum atomic E-state index is 13.1. The third kappa shape index (κ3) is 5.40. The summed E-state index contributed by atoms with van der Waals surface area (Å²) in [6.45, 7) is 0. The highest BCUT2D eigenvalue weighted by Gasteiger charge is 2.31. The Kier molecular flexibility index (Phi) is 6.60. The number of fused-ring (bicyclic) bond motifs is 1. The third-order valence-corrected chi connectivity index (χ3v) is 5.70. The van der Waals surface area contributed by atoms with Crippen molar-refractivity contribution < 1.29 is 22.8 Å². The van der Waals surface area contributed by atoms with Gasteiger partial charge in [-0.3, -0.25) is 4.79 Å². The molecular formula is C24H19F3N4O2S. The Morgan fingerprint density at radius 2 is 1.71 bits per heavy atom. The topological polar surface area (TPSA) is 73.8 Å². The van der Waals surface area contributed by atoms with Crippen LogP contribution in [0.15, 0.2) is 88.8 Å². The first-order valence-electron chi connectivity index (χ1n) is 10.1. The molecule has 1 aliphatic heterocycles. The molecular weight excluding hydrogens is 465 g/mol. The number of likely N-dealkylation sites (N-methyl/N-ethyl adjacent to an activating group) is 1. The molecule has 4 rings (SSSR count). The Morgan fingerprint density at radius 1 is 1.00 bits per heavy atom. The van der Waals surface area contributed by atoms with Crippen LogP contribution in [0.3, 0.4) is 0 Å². The molecule has 0 aromatic heterocycles. The monoisotopic (exact) mass is 484 g/mol. The van der Waals surface area contributed by atoms with E-state index < -0.39 is 23.6 Å². The Hall–Kier alpha value is -3.79. The number of para-hydroxylation sites is 1. The van der Waals surface area contributed by atoms with Gasteiger partial charge in [0.25, 0.3) is 5.91 Å². The molecule has 34 heavy (non-hydrogen) atoms. The second kappa shape index (κ2) is 9.60. The van der Waals surface area contributed by atoms with Gasteiger partial charge < -0.3 is 15.5 Å². The number of carbonyl (C=O) groups is 2. The fraction of sp³-hybridized carbons (Fsp3) is 0.125. The number of benzene rings is 3. The number of rotatable bonds is 4. The van der Waals surface area contributed by atoms with Crippen molar-refractivity contribution in [2.75, 3.05) is 17.3 Å². The van der Waals surface area contributed by atoms with Gasteiger partial charge in [-0.2, -0.15) is 13.2 Å². The van der Waals surface area contributed by atoms with E-state index in [1.165, 1.54) is 29.2 Å². The number of aliphatic imine (C=N–C) groups is 1. The molecule has 174 valence electrons. The quantitative estimate of drug-likeness (QED) is 0.496. The minimum Gasteiger partial charge on any atom is -0.311 e. The predicted octanol–water partition coefficient (Wildman–Crippen LogP) is 5.26. The second-order valence-electron chi connectivity index (χ2n) is 7.33. The lowest BCUT2D eigenvalue weighted by Gasteiger charge is -2.21. The van der Waals surface area contributed by atoms with Crippen LogP contribution in [0.5, 0.6) is 0 Å². The van der Waals surface area contributed by atoms with E-state index in [9.17, 15) is 22.8 Å². The lowest BCUT2D eigenvalue weighted by Crippen LogP contribution is -2.47. The van der Waals surface area contributed by atoms with Gasteiger partial charge in [-0.15, -0.1) is 0 Å². The fourth-order valence-electron chi connectivity index (χ4n) is 3.50. The number of nitrogens with zero attached hydrogens (tertiary/aromatic N) is 2. The molecule has 0 saturated carbocycles. The first-order chi connectivity index (χ1) is 16.2. The molecule has 0 bridgehead atoms. The van der Waals surface area contributed by atoms with Crippen molar-refractivity contribution in [3.63, 3.8) is 0 Å². The van der Waals surface area contributed by atoms with E-state index in [0.717, 1.165) is 11.1 Å². The van der Waals surface area contributed by atoms with Crippen molar-refractivity contribution in [3.8, 4) is 0 Å². The minimum atomic E-state index is -4.45. The molecule has 6 nitrogen and oxygen atoms in total. The summed E-state index contributed by atoms with van der Waals surface area (Å²) < 4.78 is 38.0. The molecule has 3 aromatic rings. The number of urea groups is 1. The molecule has 1 heterocycles. The summed E-state index contributed by atoms with van der Waals surface area (Å²) in [5.74, 6) is -0.463. The zero-order valence-corrected chi connectivity index (χ0v) is 18.7. The lowest BCUT2D eigenvalue weighted by atomic mass is 10.0. The zero-order chi connectivity index (χ0) is 24.3. The molecule has 3 aromatic carbocycles. The van der Waals surface area contributed by atoms with Crippen LogP contribution in [0.1, 0.15) is 11.1 Å². The van der Waals surface area contributed by atoms with Crippen molar-refractivity contribution in [2.45, 2.75) is 16.6 Å². The van der Waals surface area contributed by atoms with Gasteiger partial charge in [0.05, 0.1) is 11.4 Å². The fourth-order valence-corrected chi connectivity index (χ4v) is 4.10. The van der Waals surface area contributed by atoms with Crippen LogP contribution in [0, 0.1) is 0 Å². The molecule has 1 atom stereocenters. The van der Waals surface area contributed by atoms with Gasteiger partial charge in [0.15, 0.2) is 0 Å². The van der Waals surface area contributed by atoms with E-state index in [1.54, 1.807) is 19.2 Å². The highest BCUT2D eigenvalue weighted by Crippen LogP contribution is 2.37. The van der Waals surface area contributed by atoms with Gasteiger partial charge in [-0.05, 0) is 36.0 Å². The molecule has 3 amide bonds. The summed E-state index contributed by atoms with van der Waals surface area (Å²) in [5, 5.41) is 5.01. The number of carbonyl (C=O) groups excluding carboxylic acids is 2. The van der Waals surface area contributed by atoms with E-state index in [-0.39, 0.29) is 22.3 Å². The molecule has 0 aliphatic carbocycles. The van der Waals surface area contributed by atoms with Gasteiger partial charge in [-0.25, -0.2) is 9.79 Å². The Morgan fingerprint density at radius 3 is 2.44 bits per heavy atom. The van der Waals surface area contributed by atoms with Crippen molar-refractivity contribution >= 4 is 40.8 Å². The van der Waals surface area contributed by atoms with Crippen LogP contribution in [-0.4, -0.2) is 36.4 Å². The third-order valence-electron chi connectivity index (χ3n) is 4.98. The smallest absolute Gasteiger partial charge is 0.311 e. The highest BCUT2D eigenvalue weighted by atomic mass is 32.2. The predicted molar refractivity (Wildman–Crippen MR) is 126 cm³/mol. The van der Waals surface area contributed by atoms with Gasteiger partial charge in [0.2, 0.25) is 6.17 Å². The number of halogens is 3. The standard InChI is InChI=1S/C24H19F3N4O2S/c1-31-19-13-6-5-12-18(19)20(15-8-3-2-4-9-15)29-21(22(31)32)30-23(33)28-16-10-7-11-17(14-16)34-24(25,26)27/h2-14,21H,1H3,(H2,28,30,33)/t21-/m1/s1. The number of thioether (sulfide) groups is 1. The first kappa shape index (κ1) is 23.4. The maximum Gasteiger partial charge on any atom is 0.446 e. The summed E-state index contributed by atoms with van der Waals surface area (Å²) in [6.07, 6.45) is -1.25. The van der Waals surface area contributed by atoms with Crippen LogP contribution in [-0.2, 0) is 4.79 Å². The molecule has 0 saturated heterocycles. The molecule has 0 radical (unpaired) electrons. The van der Waals surface area contributed by atoms with E-state index in [0.29, 0.717) is 11.4 Å². The average Bonchev–Trinajstić information content (AvgIpc) is 2.89. The van der Waals surface area contributed by atoms with Gasteiger partial charge in [0, 0.05) is 28.8 Å². The van der Waals surface area contributed by atoms with Crippen molar-refractivity contribution in [1.82, 2.24) is 5.32 Å². The number of hydrogen-bond acceptors (Lipinski definition) is 4. The Labute approximate surface area is 197 Å². The number of alkyl halides is 3. The summed E-state index contributed by atoms with van der Waals surface area (Å²) in [7, 11) is 1.59. The molecule has 0 fully saturated rings. The summed E-state index contributed by atoms with van der Waals surface area (Å²) in [4.78, 5) is 31.7. The summed E-state index contributed by atoms with van der Waals surface area (Å²) >= 11 is -0.282. The lowest BCUT2D eigenvalue weighted by molar-refractivity contribution is -0.119. The van der Waals surface area contributed by atoms with Crippen molar-refractivity contribution in [3.05, 3.63) is 90.0 Å². The highest BCUT2D eigenvalue weighted by molar-refractivity contribution is 8.00. The normalized spacial score (nSPS) is 15.8. The molecule has 0 spiro atoms. The van der Waals surface area contributed by atoms with E-state index >= 15 is 0 Å². The average molecular weight is 485 g/mol. The van der Waals surface area contributed by atoms with E-state index in [4.69, 9.17) is 0 Å². The Bertz CT molecular complexity index is 1250. The zero-order valence-electron chi connectivity index (χ0n) is 17.8. The number of nitrogens with one attached hydrogen (secondary N) is 2. The Balaban J connectivity index is 1.61. The second-order valence-corrected chi connectivity index (χ2v) is 8.47. The summed E-state index contributed by atoms with van der Waals surface area (Å²) in [6, 6.07) is 21.1. The van der Waals surface area contributed by atoms with Crippen LogP contribution in [0.2, 0.25) is 0 Å². The van der Waals surface area contributed by atoms with Crippen molar-refractivity contribution in [1.29, 1.82) is 0 Å². The molecule has 1 aliphatic rings. The largest absolute Gasteiger partial charge is 0.446 e.